The summed E-state index contributed by atoms with van der Waals surface area (Å²) < 4.78 is 6.07. The number of nitrogens with zero attached hydrogens (tertiary/aromatic N) is 1. The number of amides is 4. The summed E-state index contributed by atoms with van der Waals surface area (Å²) in [5.41, 5.74) is 3.82. The van der Waals surface area contributed by atoms with Crippen molar-refractivity contribution in [1.82, 2.24) is 26.3 Å². The van der Waals surface area contributed by atoms with Crippen molar-refractivity contribution in [1.29, 1.82) is 0 Å². The van der Waals surface area contributed by atoms with Crippen LogP contribution in [-0.4, -0.2) is 97.4 Å². The topological polar surface area (TPSA) is 301 Å². The number of aliphatic hydroxyl groups excluding tert-OH is 2. The molecule has 0 spiro atoms. The van der Waals surface area contributed by atoms with Gasteiger partial charge in [-0.15, -0.1) is 0 Å². The first-order valence-electron chi connectivity index (χ1n) is 16.3. The lowest BCUT2D eigenvalue weighted by molar-refractivity contribution is -0.144. The van der Waals surface area contributed by atoms with Gasteiger partial charge in [-0.3, -0.25) is 24.0 Å². The van der Waals surface area contributed by atoms with E-state index >= 15 is 0 Å². The standard InChI is InChI=1S/C34H44N6O12/c1-11(2)20(33(48)49)37-31(46)22(15(7)41)39-29(44)17-10-9-13(5)27-24(17)36-25-18(19(35)26(43)14(6)28(25)52-27)30(45)40-23(16(8)42)32(47)38-21(12(3)4)34(50)51/h9-12,15-16,20-23,41-42H,35H2,1-8H3,(H,37,46)(H,38,47)(H,39,44)(H,40,45)(H,48,49)(H,50,51)/t15-,16-,20-,21-,22+,23+/m1/s1. The van der Waals surface area contributed by atoms with Crippen LogP contribution in [0.5, 0.6) is 0 Å². The van der Waals surface area contributed by atoms with Gasteiger partial charge in [-0.25, -0.2) is 14.6 Å². The molecular weight excluding hydrogens is 684 g/mol. The Morgan fingerprint density at radius 3 is 1.62 bits per heavy atom. The van der Waals surface area contributed by atoms with Crippen LogP contribution in [0.3, 0.4) is 0 Å². The molecule has 0 radical (unpaired) electrons. The van der Waals surface area contributed by atoms with Gasteiger partial charge >= 0.3 is 11.9 Å². The van der Waals surface area contributed by atoms with Crippen molar-refractivity contribution in [2.45, 2.75) is 91.8 Å². The van der Waals surface area contributed by atoms with Gasteiger partial charge in [0.05, 0.1) is 29.0 Å². The van der Waals surface area contributed by atoms with E-state index in [0.29, 0.717) is 5.56 Å². The fraction of sp³-hybridized carbons (Fsp3) is 0.471. The number of aliphatic carboxylic acids is 2. The number of anilines is 1. The van der Waals surface area contributed by atoms with Crippen LogP contribution in [0.1, 0.15) is 73.4 Å². The lowest BCUT2D eigenvalue weighted by atomic mass is 9.98. The molecule has 0 bridgehead atoms. The Morgan fingerprint density at radius 2 is 1.19 bits per heavy atom. The Bertz CT molecular complexity index is 1940. The van der Waals surface area contributed by atoms with E-state index in [0.717, 1.165) is 0 Å². The second-order valence-corrected chi connectivity index (χ2v) is 13.3. The normalized spacial score (nSPS) is 15.0. The molecule has 0 unspecified atom stereocenters. The number of benzene rings is 2. The number of carboxylic acid groups (broad SMARTS) is 2. The molecule has 52 heavy (non-hydrogen) atoms. The van der Waals surface area contributed by atoms with E-state index < -0.39 is 100 Å². The predicted molar refractivity (Wildman–Crippen MR) is 185 cm³/mol. The second kappa shape index (κ2) is 16.2. The van der Waals surface area contributed by atoms with Gasteiger partial charge in [-0.05, 0) is 51.2 Å². The number of fused-ring (bicyclic) bond motifs is 2. The van der Waals surface area contributed by atoms with E-state index in [1.54, 1.807) is 34.6 Å². The average molecular weight is 729 g/mol. The van der Waals surface area contributed by atoms with Crippen LogP contribution in [0.15, 0.2) is 21.3 Å². The van der Waals surface area contributed by atoms with E-state index in [2.05, 4.69) is 26.3 Å². The largest absolute Gasteiger partial charge is 0.480 e. The minimum absolute atomic E-state index is 0.00258. The quantitative estimate of drug-likeness (QED) is 0.0774. The van der Waals surface area contributed by atoms with E-state index in [-0.39, 0.29) is 33.7 Å². The number of nitrogens with two attached hydrogens (primary N) is 1. The maximum absolute atomic E-state index is 13.8. The van der Waals surface area contributed by atoms with Gasteiger partial charge in [0.2, 0.25) is 17.2 Å². The zero-order chi connectivity index (χ0) is 39.5. The number of aryl methyl sites for hydroxylation is 1. The molecule has 1 aromatic rings. The molecule has 1 aliphatic heterocycles. The Morgan fingerprint density at radius 1 is 0.731 bits per heavy atom. The van der Waals surface area contributed by atoms with E-state index in [1.807, 2.05) is 0 Å². The number of nitrogens with one attached hydrogen (secondary N) is 4. The van der Waals surface area contributed by atoms with Gasteiger partial charge in [-0.1, -0.05) is 33.8 Å². The minimum Gasteiger partial charge on any atom is -0.480 e. The van der Waals surface area contributed by atoms with Crippen molar-refractivity contribution < 1.29 is 53.6 Å². The molecule has 0 fully saturated rings. The van der Waals surface area contributed by atoms with Crippen molar-refractivity contribution >= 4 is 52.4 Å². The van der Waals surface area contributed by atoms with Gasteiger partial charge < -0.3 is 51.8 Å². The van der Waals surface area contributed by atoms with E-state index in [9.17, 15) is 54.0 Å². The van der Waals surface area contributed by atoms with Crippen LogP contribution in [0.25, 0.3) is 22.6 Å². The van der Waals surface area contributed by atoms with Crippen LogP contribution in [0, 0.1) is 25.7 Å². The van der Waals surface area contributed by atoms with Gasteiger partial charge in [0, 0.05) is 5.56 Å². The van der Waals surface area contributed by atoms with Crippen LogP contribution < -0.4 is 32.4 Å². The molecule has 0 saturated carbocycles. The summed E-state index contributed by atoms with van der Waals surface area (Å²) in [5.74, 6) is -8.10. The Labute approximate surface area is 297 Å². The first-order chi connectivity index (χ1) is 24.1. The number of aliphatic hydroxyl groups is 2. The highest BCUT2D eigenvalue weighted by atomic mass is 16.4. The van der Waals surface area contributed by atoms with Crippen molar-refractivity contribution in [2.75, 3.05) is 5.73 Å². The first-order valence-corrected chi connectivity index (χ1v) is 16.3. The molecule has 3 rings (SSSR count). The Kier molecular flexibility index (Phi) is 12.7. The number of aromatic nitrogens is 1. The molecule has 1 aromatic carbocycles. The zero-order valence-electron chi connectivity index (χ0n) is 29.9. The highest BCUT2D eigenvalue weighted by Gasteiger charge is 2.36. The molecule has 2 aliphatic rings. The van der Waals surface area contributed by atoms with Gasteiger partial charge in [0.15, 0.2) is 11.3 Å². The Balaban J connectivity index is 2.17. The predicted octanol–water partition coefficient (Wildman–Crippen LogP) is -0.0990. The van der Waals surface area contributed by atoms with Gasteiger partial charge in [0.1, 0.15) is 35.4 Å². The third-order valence-corrected chi connectivity index (χ3v) is 8.44. The summed E-state index contributed by atoms with van der Waals surface area (Å²) in [4.78, 5) is 94.7. The minimum atomic E-state index is -1.72. The molecule has 6 atom stereocenters. The monoisotopic (exact) mass is 728 g/mol. The number of rotatable bonds is 14. The third-order valence-electron chi connectivity index (χ3n) is 8.44. The lowest BCUT2D eigenvalue weighted by Gasteiger charge is -2.25. The second-order valence-electron chi connectivity index (χ2n) is 13.3. The summed E-state index contributed by atoms with van der Waals surface area (Å²) in [6.07, 6.45) is -3.05. The summed E-state index contributed by atoms with van der Waals surface area (Å²) in [5, 5.41) is 49.0. The fourth-order valence-corrected chi connectivity index (χ4v) is 5.36. The fourth-order valence-electron chi connectivity index (χ4n) is 5.36. The summed E-state index contributed by atoms with van der Waals surface area (Å²) >= 11 is 0. The molecule has 18 nitrogen and oxygen atoms in total. The number of carbonyl (C=O) groups is 6. The smallest absolute Gasteiger partial charge is 0.326 e. The SMILES string of the molecule is Cc1c2oc3c(C)ccc(C(=O)N[C@H](C(=O)N[C@@H](C(=O)O)C(C)C)[C@@H](C)O)c3nc-2c(C(=O)N[C@H](C(=O)N[C@@H](C(=O)O)C(C)C)[C@@H](C)O)c(N)c1=O. The van der Waals surface area contributed by atoms with Crippen molar-refractivity contribution in [2.24, 2.45) is 11.8 Å². The molecular formula is C34H44N6O12. The molecule has 1 aliphatic carbocycles. The number of hydrogen-bond donors (Lipinski definition) is 9. The molecule has 0 aromatic heterocycles. The summed E-state index contributed by atoms with van der Waals surface area (Å²) in [6.45, 7) is 11.6. The summed E-state index contributed by atoms with van der Waals surface area (Å²) in [7, 11) is 0. The third kappa shape index (κ3) is 8.46. The molecule has 10 N–H and O–H groups in total. The molecule has 4 amide bonds. The van der Waals surface area contributed by atoms with Crippen molar-refractivity contribution in [3.8, 4) is 11.5 Å². The average Bonchev–Trinajstić information content (AvgIpc) is 3.04. The Hall–Kier alpha value is -5.62. The molecule has 1 heterocycles. The van der Waals surface area contributed by atoms with Crippen LogP contribution >= 0.6 is 0 Å². The maximum atomic E-state index is 13.8. The lowest BCUT2D eigenvalue weighted by Crippen LogP contribution is -2.57. The van der Waals surface area contributed by atoms with Gasteiger partial charge in [0.25, 0.3) is 11.8 Å². The van der Waals surface area contributed by atoms with Crippen LogP contribution in [0.4, 0.5) is 5.69 Å². The van der Waals surface area contributed by atoms with Crippen molar-refractivity contribution in [3.05, 3.63) is 44.6 Å². The molecule has 18 heteroatoms. The number of carboxylic acids is 2. The highest BCUT2D eigenvalue weighted by molar-refractivity contribution is 6.10. The summed E-state index contributed by atoms with van der Waals surface area (Å²) in [6, 6.07) is -3.22. The molecule has 0 saturated heterocycles. The van der Waals surface area contributed by atoms with Crippen LogP contribution in [0.2, 0.25) is 0 Å². The zero-order valence-corrected chi connectivity index (χ0v) is 29.9. The van der Waals surface area contributed by atoms with E-state index in [1.165, 1.54) is 32.9 Å². The number of hydrogen-bond acceptors (Lipinski definition) is 12. The van der Waals surface area contributed by atoms with Crippen molar-refractivity contribution in [3.63, 3.8) is 0 Å². The highest BCUT2D eigenvalue weighted by Crippen LogP contribution is 2.34. The van der Waals surface area contributed by atoms with Gasteiger partial charge in [-0.2, -0.15) is 0 Å². The number of nitrogen functional groups attached to an aromatic ring is 1. The van der Waals surface area contributed by atoms with E-state index in [4.69, 9.17) is 10.2 Å². The van der Waals surface area contributed by atoms with Crippen LogP contribution in [-0.2, 0) is 19.2 Å². The maximum Gasteiger partial charge on any atom is 0.326 e. The molecule has 282 valence electrons. The first kappa shape index (κ1) is 40.8. The number of carbonyl (C=O) groups excluding carboxylic acids is 4.